The number of hydrogen-bond acceptors (Lipinski definition) is 2. The summed E-state index contributed by atoms with van der Waals surface area (Å²) in [7, 11) is 0. The van der Waals surface area contributed by atoms with Crippen LogP contribution in [0.5, 0.6) is 0 Å². The van der Waals surface area contributed by atoms with Gasteiger partial charge in [0.1, 0.15) is 0 Å². The molecule has 0 heterocycles. The van der Waals surface area contributed by atoms with Crippen LogP contribution in [0, 0.1) is 0 Å². The Morgan fingerprint density at radius 3 is 2.83 bits per heavy atom. The van der Waals surface area contributed by atoms with Gasteiger partial charge in [-0.25, -0.2) is 0 Å². The minimum atomic E-state index is -0.222. The van der Waals surface area contributed by atoms with E-state index in [1.54, 1.807) is 31.2 Å². The van der Waals surface area contributed by atoms with Crippen LogP contribution in [0.1, 0.15) is 13.9 Å². The lowest BCUT2D eigenvalue weighted by Crippen LogP contribution is -2.06. The quantitative estimate of drug-likeness (QED) is 0.638. The van der Waals surface area contributed by atoms with Crippen molar-refractivity contribution in [1.82, 2.24) is 0 Å². The highest BCUT2D eigenvalue weighted by Crippen LogP contribution is 2.00. The molecule has 0 aliphatic carbocycles. The molecule has 1 aromatic rings. The first kappa shape index (κ1) is 7.35. The summed E-state index contributed by atoms with van der Waals surface area (Å²) in [5.41, 5.74) is 0.884. The summed E-state index contributed by atoms with van der Waals surface area (Å²) in [6.07, 6.45) is 0.286. The molecule has 64 valence electrons. The van der Waals surface area contributed by atoms with Crippen molar-refractivity contribution in [3.63, 3.8) is 0 Å². The molecular weight excluding hydrogens is 152 g/mol. The molecule has 0 saturated carbocycles. The Balaban J connectivity index is 2.54. The summed E-state index contributed by atoms with van der Waals surface area (Å²) in [6, 6.07) is 7.30. The van der Waals surface area contributed by atoms with Crippen LogP contribution in [-0.2, 0) is 16.0 Å². The summed E-state index contributed by atoms with van der Waals surface area (Å²) in [4.78, 5) is 11.0. The van der Waals surface area contributed by atoms with E-state index in [9.17, 15) is 4.79 Å². The lowest BCUT2D eigenvalue weighted by Gasteiger charge is -2.00. The lowest BCUT2D eigenvalue weighted by atomic mass is 10.2. The van der Waals surface area contributed by atoms with Gasteiger partial charge in [0, 0.05) is 0 Å². The number of esters is 1. The third-order valence-electron chi connectivity index (χ3n) is 1.44. The number of rotatable bonds is 3. The average molecular weight is 165 g/mol. The van der Waals surface area contributed by atoms with Crippen LogP contribution in [0.25, 0.3) is 0 Å². The lowest BCUT2D eigenvalue weighted by molar-refractivity contribution is -0.142. The second kappa shape index (κ2) is 4.54. The molecule has 0 aromatic heterocycles. The fraction of sp³-hybridized carbons (Fsp3) is 0.300. The predicted octanol–water partition coefficient (Wildman–Crippen LogP) is 1.79. The SMILES string of the molecule is [2H]c1ccc(CC(=O)OCC)cc1. The molecule has 2 heteroatoms. The zero-order valence-corrected chi connectivity index (χ0v) is 7.04. The van der Waals surface area contributed by atoms with Crippen LogP contribution in [0.2, 0.25) is 0 Å². The van der Waals surface area contributed by atoms with Crippen molar-refractivity contribution in [3.8, 4) is 0 Å². The molecule has 1 rings (SSSR count). The normalized spacial score (nSPS) is 10.6. The number of hydrogen-bond donors (Lipinski definition) is 0. The van der Waals surface area contributed by atoms with E-state index >= 15 is 0 Å². The Kier molecular flexibility index (Phi) is 2.78. The van der Waals surface area contributed by atoms with Gasteiger partial charge < -0.3 is 4.74 Å². The highest BCUT2D eigenvalue weighted by molar-refractivity contribution is 5.72. The Morgan fingerprint density at radius 1 is 1.58 bits per heavy atom. The molecule has 0 N–H and O–H groups in total. The van der Waals surface area contributed by atoms with Crippen molar-refractivity contribution in [1.29, 1.82) is 0 Å². The topological polar surface area (TPSA) is 26.3 Å². The van der Waals surface area contributed by atoms with Gasteiger partial charge in [-0.2, -0.15) is 0 Å². The van der Waals surface area contributed by atoms with Gasteiger partial charge in [0.15, 0.2) is 0 Å². The van der Waals surface area contributed by atoms with Gasteiger partial charge >= 0.3 is 5.97 Å². The van der Waals surface area contributed by atoms with Gasteiger partial charge in [0.25, 0.3) is 0 Å². The molecule has 0 unspecified atom stereocenters. The van der Waals surface area contributed by atoms with Gasteiger partial charge in [-0.15, -0.1) is 0 Å². The van der Waals surface area contributed by atoms with E-state index in [4.69, 9.17) is 6.11 Å². The fourth-order valence-electron chi connectivity index (χ4n) is 0.918. The Morgan fingerprint density at radius 2 is 2.25 bits per heavy atom. The Hall–Kier alpha value is -1.31. The first-order valence-electron chi connectivity index (χ1n) is 4.43. The minimum Gasteiger partial charge on any atom is -0.466 e. The van der Waals surface area contributed by atoms with E-state index in [2.05, 4.69) is 0 Å². The first-order valence-corrected chi connectivity index (χ1v) is 3.93. The van der Waals surface area contributed by atoms with Crippen molar-refractivity contribution in [2.75, 3.05) is 6.61 Å². The highest BCUT2D eigenvalue weighted by Gasteiger charge is 2.01. The molecule has 0 aliphatic rings. The van der Waals surface area contributed by atoms with Gasteiger partial charge in [0.2, 0.25) is 0 Å². The first-order chi connectivity index (χ1) is 6.22. The van der Waals surface area contributed by atoms with Crippen LogP contribution >= 0.6 is 0 Å². The molecule has 0 saturated heterocycles. The minimum absolute atomic E-state index is 0.222. The van der Waals surface area contributed by atoms with Crippen molar-refractivity contribution in [2.24, 2.45) is 0 Å². The molecular formula is C10H12O2. The van der Waals surface area contributed by atoms with Crippen molar-refractivity contribution < 1.29 is 10.9 Å². The Bertz CT molecular complexity index is 279. The smallest absolute Gasteiger partial charge is 0.310 e. The molecule has 0 aliphatic heterocycles. The number of carbonyl (C=O) groups is 1. The molecule has 0 amide bonds. The summed E-state index contributed by atoms with van der Waals surface area (Å²) in [5.74, 6) is -0.222. The number of ether oxygens (including phenoxy) is 1. The summed E-state index contributed by atoms with van der Waals surface area (Å²) in [5, 5.41) is 0. The van der Waals surface area contributed by atoms with Crippen molar-refractivity contribution in [2.45, 2.75) is 13.3 Å². The van der Waals surface area contributed by atoms with Gasteiger partial charge in [-0.1, -0.05) is 30.3 Å². The van der Waals surface area contributed by atoms with Crippen LogP contribution < -0.4 is 0 Å². The molecule has 1 aromatic carbocycles. The molecule has 0 atom stereocenters. The van der Waals surface area contributed by atoms with Gasteiger partial charge in [0.05, 0.1) is 14.4 Å². The molecule has 0 fully saturated rings. The second-order valence-electron chi connectivity index (χ2n) is 2.39. The molecule has 0 spiro atoms. The monoisotopic (exact) mass is 165 g/mol. The zero-order chi connectivity index (χ0) is 9.68. The second-order valence-corrected chi connectivity index (χ2v) is 2.39. The van der Waals surface area contributed by atoms with E-state index in [-0.39, 0.29) is 12.4 Å². The largest absolute Gasteiger partial charge is 0.466 e. The van der Waals surface area contributed by atoms with E-state index in [1.165, 1.54) is 0 Å². The molecule has 2 nitrogen and oxygen atoms in total. The molecule has 0 radical (unpaired) electrons. The fourth-order valence-corrected chi connectivity index (χ4v) is 0.918. The summed E-state index contributed by atoms with van der Waals surface area (Å²) in [6.45, 7) is 2.19. The maximum absolute atomic E-state index is 11.0. The number of carbonyl (C=O) groups excluding carboxylic acids is 1. The van der Waals surface area contributed by atoms with Crippen LogP contribution in [-0.4, -0.2) is 12.6 Å². The highest BCUT2D eigenvalue weighted by atomic mass is 16.5. The van der Waals surface area contributed by atoms with Crippen molar-refractivity contribution >= 4 is 5.97 Å². The van der Waals surface area contributed by atoms with Crippen LogP contribution in [0.15, 0.2) is 30.3 Å². The van der Waals surface area contributed by atoms with Crippen LogP contribution in [0.3, 0.4) is 0 Å². The van der Waals surface area contributed by atoms with Gasteiger partial charge in [-0.3, -0.25) is 4.79 Å². The van der Waals surface area contributed by atoms with Gasteiger partial charge in [-0.05, 0) is 12.5 Å². The van der Waals surface area contributed by atoms with Crippen molar-refractivity contribution in [3.05, 3.63) is 35.9 Å². The zero-order valence-electron chi connectivity index (χ0n) is 8.04. The third kappa shape index (κ3) is 2.74. The van der Waals surface area contributed by atoms with E-state index in [0.717, 1.165) is 5.56 Å². The van der Waals surface area contributed by atoms with E-state index in [1.807, 2.05) is 0 Å². The maximum atomic E-state index is 11.0. The predicted molar refractivity (Wildman–Crippen MR) is 46.8 cm³/mol. The number of benzene rings is 1. The Labute approximate surface area is 73.6 Å². The molecule has 0 bridgehead atoms. The van der Waals surface area contributed by atoms with E-state index < -0.39 is 0 Å². The summed E-state index contributed by atoms with van der Waals surface area (Å²) >= 11 is 0. The molecule has 12 heavy (non-hydrogen) atoms. The average Bonchev–Trinajstić information content (AvgIpc) is 2.09. The third-order valence-corrected chi connectivity index (χ3v) is 1.44. The maximum Gasteiger partial charge on any atom is 0.310 e. The van der Waals surface area contributed by atoms with E-state index in [0.29, 0.717) is 12.6 Å². The summed E-state index contributed by atoms with van der Waals surface area (Å²) < 4.78 is 12.0. The van der Waals surface area contributed by atoms with Crippen LogP contribution in [0.4, 0.5) is 0 Å². The standard InChI is InChI=1S/C10H12O2/c1-2-12-10(11)8-9-6-4-3-5-7-9/h3-7H,2,8H2,1H3/i3D.